The van der Waals surface area contributed by atoms with Crippen LogP contribution < -0.4 is 5.73 Å². The van der Waals surface area contributed by atoms with Crippen LogP contribution in [0.5, 0.6) is 0 Å². The Bertz CT molecular complexity index is 381. The van der Waals surface area contributed by atoms with Crippen LogP contribution in [-0.2, 0) is 6.42 Å². The van der Waals surface area contributed by atoms with Crippen LogP contribution in [0.15, 0.2) is 24.4 Å². The van der Waals surface area contributed by atoms with Gasteiger partial charge in [-0.05, 0) is 45.5 Å². The normalized spacial score (nSPS) is 14.2. The second kappa shape index (κ2) is 7.10. The van der Waals surface area contributed by atoms with Gasteiger partial charge in [0, 0.05) is 24.9 Å². The minimum Gasteiger partial charge on any atom is -0.314 e. The van der Waals surface area contributed by atoms with Gasteiger partial charge in [-0.3, -0.25) is 4.98 Å². The van der Waals surface area contributed by atoms with Crippen LogP contribution in [-0.4, -0.2) is 35.6 Å². The van der Waals surface area contributed by atoms with Crippen LogP contribution in [0.4, 0.5) is 0 Å². The molecule has 1 aromatic rings. The molecule has 0 aliphatic carbocycles. The fraction of sp³-hybridized carbons (Fsp3) is 0.571. The fourth-order valence-corrected chi connectivity index (χ4v) is 1.74. The molecule has 0 saturated carbocycles. The molecule has 18 heavy (non-hydrogen) atoms. The summed E-state index contributed by atoms with van der Waals surface area (Å²) in [6.45, 7) is 3.72. The molecule has 0 saturated heterocycles. The summed E-state index contributed by atoms with van der Waals surface area (Å²) in [7, 11) is 2.09. The van der Waals surface area contributed by atoms with Gasteiger partial charge >= 0.3 is 0 Å². The minimum absolute atomic E-state index is 0.693. The number of likely N-dealkylation sites (N-methyl/N-ethyl adjacent to an activating group) is 1. The lowest BCUT2D eigenvalue weighted by atomic mass is 9.99. The van der Waals surface area contributed by atoms with E-state index in [1.54, 1.807) is 6.92 Å². The van der Waals surface area contributed by atoms with E-state index >= 15 is 0 Å². The molecule has 4 heteroatoms. The van der Waals surface area contributed by atoms with Crippen molar-refractivity contribution >= 4 is 0 Å². The standard InChI is InChI=1S/C14H22N4/c1-14(16,12-15)8-5-10-18(2)11-7-13-6-3-4-9-17-13/h3-4,6,9H,5,7-8,10-11,16H2,1-2H3. The second-order valence-electron chi connectivity index (χ2n) is 5.01. The van der Waals surface area contributed by atoms with Gasteiger partial charge in [0.15, 0.2) is 0 Å². The van der Waals surface area contributed by atoms with E-state index in [4.69, 9.17) is 11.0 Å². The maximum atomic E-state index is 8.81. The molecule has 1 aromatic heterocycles. The molecule has 0 amide bonds. The Morgan fingerprint density at radius 2 is 2.22 bits per heavy atom. The van der Waals surface area contributed by atoms with Crippen molar-refractivity contribution in [3.63, 3.8) is 0 Å². The van der Waals surface area contributed by atoms with E-state index in [-0.39, 0.29) is 0 Å². The summed E-state index contributed by atoms with van der Waals surface area (Å²) >= 11 is 0. The molecule has 1 rings (SSSR count). The molecule has 0 spiro atoms. The topological polar surface area (TPSA) is 65.9 Å². The van der Waals surface area contributed by atoms with E-state index in [1.807, 2.05) is 24.4 Å². The van der Waals surface area contributed by atoms with Gasteiger partial charge < -0.3 is 10.6 Å². The first-order valence-electron chi connectivity index (χ1n) is 6.32. The number of nitriles is 1. The van der Waals surface area contributed by atoms with E-state index in [0.717, 1.165) is 38.0 Å². The Hall–Kier alpha value is -1.44. The van der Waals surface area contributed by atoms with Crippen LogP contribution in [0.1, 0.15) is 25.5 Å². The number of nitrogens with two attached hydrogens (primary N) is 1. The zero-order chi connectivity index (χ0) is 13.4. The van der Waals surface area contributed by atoms with Crippen molar-refractivity contribution < 1.29 is 0 Å². The monoisotopic (exact) mass is 246 g/mol. The largest absolute Gasteiger partial charge is 0.314 e. The van der Waals surface area contributed by atoms with Crippen LogP contribution in [0.2, 0.25) is 0 Å². The Balaban J connectivity index is 2.19. The molecule has 0 aliphatic rings. The average molecular weight is 246 g/mol. The molecule has 1 heterocycles. The third-order valence-electron chi connectivity index (χ3n) is 2.97. The first-order chi connectivity index (χ1) is 8.53. The summed E-state index contributed by atoms with van der Waals surface area (Å²) in [5.74, 6) is 0. The summed E-state index contributed by atoms with van der Waals surface area (Å²) in [4.78, 5) is 6.55. The van der Waals surface area contributed by atoms with Crippen LogP contribution >= 0.6 is 0 Å². The molecule has 1 atom stereocenters. The smallest absolute Gasteiger partial charge is 0.101 e. The predicted octanol–water partition coefficient (Wildman–Crippen LogP) is 1.58. The zero-order valence-electron chi connectivity index (χ0n) is 11.3. The van der Waals surface area contributed by atoms with Crippen LogP contribution in [0, 0.1) is 11.3 Å². The molecule has 1 unspecified atom stereocenters. The maximum Gasteiger partial charge on any atom is 0.101 e. The fourth-order valence-electron chi connectivity index (χ4n) is 1.74. The lowest BCUT2D eigenvalue weighted by Gasteiger charge is -2.19. The third-order valence-corrected chi connectivity index (χ3v) is 2.97. The van der Waals surface area contributed by atoms with Crippen molar-refractivity contribution in [1.82, 2.24) is 9.88 Å². The number of nitrogens with zero attached hydrogens (tertiary/aromatic N) is 3. The number of hydrogen-bond donors (Lipinski definition) is 1. The lowest BCUT2D eigenvalue weighted by molar-refractivity contribution is 0.318. The number of pyridine rings is 1. The van der Waals surface area contributed by atoms with Crippen molar-refractivity contribution in [2.24, 2.45) is 5.73 Å². The minimum atomic E-state index is -0.693. The first kappa shape index (κ1) is 14.6. The highest BCUT2D eigenvalue weighted by molar-refractivity contribution is 5.03. The highest BCUT2D eigenvalue weighted by Crippen LogP contribution is 2.07. The molecule has 98 valence electrons. The van der Waals surface area contributed by atoms with E-state index in [9.17, 15) is 0 Å². The Morgan fingerprint density at radius 1 is 1.44 bits per heavy atom. The molecule has 0 aliphatic heterocycles. The SMILES string of the molecule is CN(CCCC(C)(N)C#N)CCc1ccccn1. The molecule has 0 aromatic carbocycles. The van der Waals surface area contributed by atoms with Gasteiger partial charge in [-0.25, -0.2) is 0 Å². The predicted molar refractivity (Wildman–Crippen MR) is 72.9 cm³/mol. The zero-order valence-corrected chi connectivity index (χ0v) is 11.3. The van der Waals surface area contributed by atoms with Gasteiger partial charge in [-0.15, -0.1) is 0 Å². The van der Waals surface area contributed by atoms with Gasteiger partial charge in [-0.2, -0.15) is 5.26 Å². The summed E-state index contributed by atoms with van der Waals surface area (Å²) in [6.07, 6.45) is 4.45. The van der Waals surface area contributed by atoms with Gasteiger partial charge in [0.05, 0.1) is 6.07 Å². The van der Waals surface area contributed by atoms with Gasteiger partial charge in [0.1, 0.15) is 5.54 Å². The van der Waals surface area contributed by atoms with Gasteiger partial charge in [-0.1, -0.05) is 6.07 Å². The van der Waals surface area contributed by atoms with Crippen molar-refractivity contribution in [2.75, 3.05) is 20.1 Å². The summed E-state index contributed by atoms with van der Waals surface area (Å²) < 4.78 is 0. The molecule has 0 radical (unpaired) electrons. The van der Waals surface area contributed by atoms with Gasteiger partial charge in [0.25, 0.3) is 0 Å². The second-order valence-corrected chi connectivity index (χ2v) is 5.01. The van der Waals surface area contributed by atoms with E-state index in [2.05, 4.69) is 23.0 Å². The van der Waals surface area contributed by atoms with E-state index < -0.39 is 5.54 Å². The molecule has 4 nitrogen and oxygen atoms in total. The molecule has 0 bridgehead atoms. The van der Waals surface area contributed by atoms with Crippen LogP contribution in [0.3, 0.4) is 0 Å². The lowest BCUT2D eigenvalue weighted by Crippen LogP contribution is -2.35. The highest BCUT2D eigenvalue weighted by atomic mass is 15.1. The maximum absolute atomic E-state index is 8.81. The number of aromatic nitrogens is 1. The molecule has 0 fully saturated rings. The Morgan fingerprint density at radius 3 is 2.83 bits per heavy atom. The Labute approximate surface area is 109 Å². The molecular weight excluding hydrogens is 224 g/mol. The average Bonchev–Trinajstić information content (AvgIpc) is 2.37. The number of hydrogen-bond acceptors (Lipinski definition) is 4. The van der Waals surface area contributed by atoms with E-state index in [1.165, 1.54) is 0 Å². The van der Waals surface area contributed by atoms with E-state index in [0.29, 0.717) is 0 Å². The van der Waals surface area contributed by atoms with Crippen LogP contribution in [0.25, 0.3) is 0 Å². The first-order valence-corrected chi connectivity index (χ1v) is 6.32. The summed E-state index contributed by atoms with van der Waals surface area (Å²) in [6, 6.07) is 8.10. The van der Waals surface area contributed by atoms with Crippen molar-refractivity contribution in [1.29, 1.82) is 5.26 Å². The summed E-state index contributed by atoms with van der Waals surface area (Å²) in [5, 5.41) is 8.81. The Kier molecular flexibility index (Phi) is 5.76. The molecular formula is C14H22N4. The number of rotatable bonds is 7. The summed E-state index contributed by atoms with van der Waals surface area (Å²) in [5.41, 5.74) is 6.20. The van der Waals surface area contributed by atoms with Crippen molar-refractivity contribution in [3.8, 4) is 6.07 Å². The van der Waals surface area contributed by atoms with Gasteiger partial charge in [0.2, 0.25) is 0 Å². The third kappa shape index (κ3) is 5.76. The van der Waals surface area contributed by atoms with Crippen molar-refractivity contribution in [3.05, 3.63) is 30.1 Å². The quantitative estimate of drug-likeness (QED) is 0.793. The van der Waals surface area contributed by atoms with Crippen molar-refractivity contribution in [2.45, 2.75) is 31.7 Å². The molecule has 2 N–H and O–H groups in total. The highest BCUT2D eigenvalue weighted by Gasteiger charge is 2.16.